The van der Waals surface area contributed by atoms with Gasteiger partial charge in [-0.2, -0.15) is 0 Å². The fraction of sp³-hybridized carbons (Fsp3) is 0.600. The highest BCUT2D eigenvalue weighted by Gasteiger charge is 2.04. The van der Waals surface area contributed by atoms with Crippen molar-refractivity contribution in [2.24, 2.45) is 0 Å². The molecule has 0 spiro atoms. The van der Waals surface area contributed by atoms with Crippen molar-refractivity contribution in [3.05, 3.63) is 20.7 Å². The highest BCUT2D eigenvalue weighted by atomic mass is 32.1. The van der Waals surface area contributed by atoms with Crippen molar-refractivity contribution in [1.82, 2.24) is 15.6 Å². The van der Waals surface area contributed by atoms with E-state index in [1.165, 1.54) is 0 Å². The highest BCUT2D eigenvalue weighted by Crippen LogP contribution is 1.94. The number of nitrogens with one attached hydrogen (secondary N) is 3. The normalized spacial score (nSPS) is 12.4. The Balaban J connectivity index is 2.22. The second kappa shape index (κ2) is 6.44. The van der Waals surface area contributed by atoms with Crippen LogP contribution in [0.1, 0.15) is 26.0 Å². The zero-order chi connectivity index (χ0) is 12.0. The number of H-pyrrole nitrogens is 1. The molecule has 1 rings (SSSR count). The van der Waals surface area contributed by atoms with Gasteiger partial charge >= 0.3 is 4.87 Å². The maximum absolute atomic E-state index is 11.4. The number of thiazole rings is 1. The molecule has 0 saturated heterocycles. The molecule has 0 aliphatic heterocycles. The van der Waals surface area contributed by atoms with E-state index in [-0.39, 0.29) is 10.8 Å². The molecule has 3 N–H and O–H groups in total. The minimum Gasteiger partial charge on any atom is -0.349 e. The Morgan fingerprint density at radius 1 is 1.62 bits per heavy atom. The Labute approximate surface area is 98.3 Å². The monoisotopic (exact) mass is 243 g/mol. The van der Waals surface area contributed by atoms with Gasteiger partial charge in [-0.3, -0.25) is 9.59 Å². The van der Waals surface area contributed by atoms with E-state index in [0.717, 1.165) is 23.5 Å². The molecule has 1 heterocycles. The molecule has 0 bridgehead atoms. The van der Waals surface area contributed by atoms with Crippen molar-refractivity contribution in [2.45, 2.75) is 32.9 Å². The predicted octanol–water partition coefficient (Wildman–Crippen LogP) is 0.441. The van der Waals surface area contributed by atoms with Crippen LogP contribution >= 0.6 is 11.3 Å². The molecule has 1 aromatic heterocycles. The van der Waals surface area contributed by atoms with Gasteiger partial charge in [0.05, 0.1) is 13.1 Å². The van der Waals surface area contributed by atoms with Crippen molar-refractivity contribution in [2.75, 3.05) is 6.54 Å². The lowest BCUT2D eigenvalue weighted by molar-refractivity contribution is -0.120. The molecule has 0 radical (unpaired) electrons. The van der Waals surface area contributed by atoms with E-state index in [4.69, 9.17) is 0 Å². The topological polar surface area (TPSA) is 74.0 Å². The average Bonchev–Trinajstić information content (AvgIpc) is 2.69. The Bertz CT molecular complexity index is 385. The number of carbonyl (C=O) groups is 1. The van der Waals surface area contributed by atoms with Crippen LogP contribution in [-0.2, 0) is 11.3 Å². The summed E-state index contributed by atoms with van der Waals surface area (Å²) < 4.78 is 0. The average molecular weight is 243 g/mol. The summed E-state index contributed by atoms with van der Waals surface area (Å²) in [5, 5.41) is 7.53. The SMILES string of the molecule is CCC(C)NCC(=O)NCc1csc(=O)[nH]1. The highest BCUT2D eigenvalue weighted by molar-refractivity contribution is 7.07. The molecule has 1 unspecified atom stereocenters. The number of hydrogen-bond acceptors (Lipinski definition) is 4. The third kappa shape index (κ3) is 4.59. The Kier molecular flexibility index (Phi) is 5.21. The fourth-order valence-electron chi connectivity index (χ4n) is 1.07. The van der Waals surface area contributed by atoms with Gasteiger partial charge in [0, 0.05) is 17.1 Å². The summed E-state index contributed by atoms with van der Waals surface area (Å²) in [4.78, 5) is 24.7. The second-order valence-corrected chi connectivity index (χ2v) is 4.48. The number of aromatic nitrogens is 1. The van der Waals surface area contributed by atoms with Crippen LogP contribution in [-0.4, -0.2) is 23.5 Å². The van der Waals surface area contributed by atoms with Crippen LogP contribution in [0, 0.1) is 0 Å². The molecule has 1 amide bonds. The van der Waals surface area contributed by atoms with Crippen LogP contribution < -0.4 is 15.5 Å². The van der Waals surface area contributed by atoms with Crippen LogP contribution in [0.15, 0.2) is 10.2 Å². The van der Waals surface area contributed by atoms with Crippen molar-refractivity contribution < 1.29 is 4.79 Å². The van der Waals surface area contributed by atoms with Crippen LogP contribution in [0.3, 0.4) is 0 Å². The van der Waals surface area contributed by atoms with E-state index in [1.807, 2.05) is 6.92 Å². The van der Waals surface area contributed by atoms with Gasteiger partial charge in [-0.05, 0) is 13.3 Å². The summed E-state index contributed by atoms with van der Waals surface area (Å²) >= 11 is 1.10. The summed E-state index contributed by atoms with van der Waals surface area (Å²) in [6.45, 7) is 4.78. The molecule has 1 atom stereocenters. The number of carbonyl (C=O) groups excluding carboxylic acids is 1. The molecule has 0 aromatic carbocycles. The van der Waals surface area contributed by atoms with E-state index >= 15 is 0 Å². The zero-order valence-electron chi connectivity index (χ0n) is 9.50. The smallest absolute Gasteiger partial charge is 0.304 e. The summed E-state index contributed by atoms with van der Waals surface area (Å²) in [6.07, 6.45) is 0.991. The van der Waals surface area contributed by atoms with Crippen molar-refractivity contribution >= 4 is 17.2 Å². The lowest BCUT2D eigenvalue weighted by Gasteiger charge is -2.10. The quantitative estimate of drug-likeness (QED) is 0.679. The van der Waals surface area contributed by atoms with Gasteiger partial charge in [0.25, 0.3) is 0 Å². The van der Waals surface area contributed by atoms with Gasteiger partial charge in [-0.25, -0.2) is 0 Å². The molecular formula is C10H17N3O2S. The van der Waals surface area contributed by atoms with E-state index in [2.05, 4.69) is 22.5 Å². The maximum atomic E-state index is 11.4. The molecule has 5 nitrogen and oxygen atoms in total. The van der Waals surface area contributed by atoms with E-state index < -0.39 is 0 Å². The lowest BCUT2D eigenvalue weighted by Crippen LogP contribution is -2.37. The molecule has 0 fully saturated rings. The summed E-state index contributed by atoms with van der Waals surface area (Å²) in [5.74, 6) is -0.0626. The van der Waals surface area contributed by atoms with Gasteiger partial charge in [0.1, 0.15) is 0 Å². The standard InChI is InChI=1S/C10H17N3O2S/c1-3-7(2)11-5-9(14)12-4-8-6-16-10(15)13-8/h6-7,11H,3-5H2,1-2H3,(H,12,14)(H,13,15). The molecule has 0 saturated carbocycles. The third-order valence-corrected chi connectivity index (χ3v) is 2.99. The van der Waals surface area contributed by atoms with Crippen LogP contribution in [0.2, 0.25) is 0 Å². The van der Waals surface area contributed by atoms with Gasteiger partial charge in [0.15, 0.2) is 0 Å². The zero-order valence-corrected chi connectivity index (χ0v) is 10.3. The summed E-state index contributed by atoms with van der Waals surface area (Å²) in [6, 6.07) is 0.340. The number of aromatic amines is 1. The first kappa shape index (κ1) is 12.9. The van der Waals surface area contributed by atoms with Crippen LogP contribution in [0.5, 0.6) is 0 Å². The number of hydrogen-bond donors (Lipinski definition) is 3. The summed E-state index contributed by atoms with van der Waals surface area (Å²) in [7, 11) is 0. The minimum absolute atomic E-state index is 0.0626. The second-order valence-electron chi connectivity index (χ2n) is 3.64. The molecular weight excluding hydrogens is 226 g/mol. The van der Waals surface area contributed by atoms with E-state index in [9.17, 15) is 9.59 Å². The number of rotatable bonds is 6. The minimum atomic E-state index is -0.0954. The molecule has 1 aromatic rings. The maximum Gasteiger partial charge on any atom is 0.304 e. The Morgan fingerprint density at radius 2 is 2.38 bits per heavy atom. The first-order valence-corrected chi connectivity index (χ1v) is 6.16. The van der Waals surface area contributed by atoms with Gasteiger partial charge in [-0.1, -0.05) is 18.3 Å². The molecule has 0 aliphatic carbocycles. The summed E-state index contributed by atoms with van der Waals surface area (Å²) in [5.41, 5.74) is 0.742. The molecule has 0 aliphatic rings. The Morgan fingerprint density at radius 3 is 2.94 bits per heavy atom. The van der Waals surface area contributed by atoms with Gasteiger partial charge in [-0.15, -0.1) is 0 Å². The Hall–Kier alpha value is -1.14. The van der Waals surface area contributed by atoms with Gasteiger partial charge in [0.2, 0.25) is 5.91 Å². The van der Waals surface area contributed by atoms with Crippen molar-refractivity contribution in [3.63, 3.8) is 0 Å². The number of amides is 1. The fourth-order valence-corrected chi connectivity index (χ4v) is 1.65. The first-order chi connectivity index (χ1) is 7.61. The molecule has 90 valence electrons. The van der Waals surface area contributed by atoms with Crippen molar-refractivity contribution in [1.29, 1.82) is 0 Å². The lowest BCUT2D eigenvalue weighted by atomic mass is 10.2. The van der Waals surface area contributed by atoms with Gasteiger partial charge < -0.3 is 15.6 Å². The predicted molar refractivity (Wildman–Crippen MR) is 64.5 cm³/mol. The molecule has 16 heavy (non-hydrogen) atoms. The largest absolute Gasteiger partial charge is 0.349 e. The van der Waals surface area contributed by atoms with Crippen LogP contribution in [0.25, 0.3) is 0 Å². The first-order valence-electron chi connectivity index (χ1n) is 5.28. The van der Waals surface area contributed by atoms with Crippen LogP contribution in [0.4, 0.5) is 0 Å². The van der Waals surface area contributed by atoms with E-state index in [1.54, 1.807) is 5.38 Å². The van der Waals surface area contributed by atoms with Crippen molar-refractivity contribution in [3.8, 4) is 0 Å². The third-order valence-electron chi connectivity index (χ3n) is 2.27. The molecule has 6 heteroatoms. The van der Waals surface area contributed by atoms with E-state index in [0.29, 0.717) is 19.1 Å².